The number of halogens is 2. The predicted molar refractivity (Wildman–Crippen MR) is 116 cm³/mol. The van der Waals surface area contributed by atoms with Crippen LogP contribution in [0.1, 0.15) is 18.4 Å². The zero-order valence-electron chi connectivity index (χ0n) is 17.0. The molecule has 29 heavy (non-hydrogen) atoms. The van der Waals surface area contributed by atoms with Crippen molar-refractivity contribution in [2.45, 2.75) is 25.4 Å². The third-order valence-electron chi connectivity index (χ3n) is 6.16. The second-order valence-electron chi connectivity index (χ2n) is 7.99. The maximum Gasteiger partial charge on any atom is 0.124 e. The van der Waals surface area contributed by atoms with E-state index in [2.05, 4.69) is 26.8 Å². The van der Waals surface area contributed by atoms with Gasteiger partial charge in [0.15, 0.2) is 0 Å². The van der Waals surface area contributed by atoms with Crippen molar-refractivity contribution in [3.63, 3.8) is 0 Å². The molecular formula is C23H29ClFN3O. The van der Waals surface area contributed by atoms with Crippen LogP contribution in [0.15, 0.2) is 42.5 Å². The van der Waals surface area contributed by atoms with Gasteiger partial charge in [-0.2, -0.15) is 0 Å². The lowest BCUT2D eigenvalue weighted by molar-refractivity contribution is 0.0888. The van der Waals surface area contributed by atoms with Gasteiger partial charge in [0.25, 0.3) is 0 Å². The molecule has 0 spiro atoms. The van der Waals surface area contributed by atoms with E-state index >= 15 is 0 Å². The molecule has 0 amide bonds. The minimum Gasteiger partial charge on any atom is -0.497 e. The normalized spacial score (nSPS) is 21.3. The average molecular weight is 418 g/mol. The summed E-state index contributed by atoms with van der Waals surface area (Å²) in [5, 5.41) is 0.528. The summed E-state index contributed by atoms with van der Waals surface area (Å²) in [6, 6.07) is 13.7. The van der Waals surface area contributed by atoms with Crippen LogP contribution in [-0.4, -0.2) is 62.2 Å². The van der Waals surface area contributed by atoms with Crippen LogP contribution in [0.25, 0.3) is 0 Å². The van der Waals surface area contributed by atoms with Crippen LogP contribution in [0.5, 0.6) is 5.75 Å². The van der Waals surface area contributed by atoms with Crippen molar-refractivity contribution in [3.05, 3.63) is 58.9 Å². The van der Waals surface area contributed by atoms with E-state index in [1.807, 2.05) is 18.2 Å². The molecule has 2 fully saturated rings. The second-order valence-corrected chi connectivity index (χ2v) is 8.40. The van der Waals surface area contributed by atoms with Crippen LogP contribution in [0.2, 0.25) is 5.02 Å². The number of benzene rings is 2. The summed E-state index contributed by atoms with van der Waals surface area (Å²) >= 11 is 6.24. The summed E-state index contributed by atoms with van der Waals surface area (Å²) in [5.41, 5.74) is 2.28. The van der Waals surface area contributed by atoms with Gasteiger partial charge in [-0.1, -0.05) is 17.7 Å². The Morgan fingerprint density at radius 3 is 2.48 bits per heavy atom. The van der Waals surface area contributed by atoms with Crippen molar-refractivity contribution in [1.29, 1.82) is 0 Å². The summed E-state index contributed by atoms with van der Waals surface area (Å²) in [4.78, 5) is 7.55. The van der Waals surface area contributed by atoms with Gasteiger partial charge < -0.3 is 9.64 Å². The van der Waals surface area contributed by atoms with Crippen molar-refractivity contribution in [3.8, 4) is 5.75 Å². The maximum absolute atomic E-state index is 13.3. The number of likely N-dealkylation sites (tertiary alicyclic amines) is 1. The minimum atomic E-state index is -0.273. The number of ether oxygens (including phenoxy) is 1. The Bertz CT molecular complexity index is 808. The lowest BCUT2D eigenvalue weighted by Gasteiger charge is -2.44. The first-order valence-electron chi connectivity index (χ1n) is 10.4. The summed E-state index contributed by atoms with van der Waals surface area (Å²) < 4.78 is 18.6. The number of nitrogens with zero attached hydrogens (tertiary/aromatic N) is 3. The fourth-order valence-electron chi connectivity index (χ4n) is 4.50. The highest BCUT2D eigenvalue weighted by atomic mass is 35.5. The molecule has 0 unspecified atom stereocenters. The minimum absolute atomic E-state index is 0.273. The largest absolute Gasteiger partial charge is 0.497 e. The van der Waals surface area contributed by atoms with Crippen molar-refractivity contribution < 1.29 is 9.13 Å². The Hall–Kier alpha value is -1.82. The summed E-state index contributed by atoms with van der Waals surface area (Å²) in [6.45, 7) is 7.19. The highest BCUT2D eigenvalue weighted by Gasteiger charge is 2.28. The third-order valence-corrected chi connectivity index (χ3v) is 6.51. The molecule has 4 rings (SSSR count). The molecule has 2 aromatic carbocycles. The number of hydrogen-bond donors (Lipinski definition) is 0. The molecule has 2 aliphatic heterocycles. The van der Waals surface area contributed by atoms with Gasteiger partial charge in [0.1, 0.15) is 11.6 Å². The summed E-state index contributed by atoms with van der Waals surface area (Å²) in [5.74, 6) is 0.626. The van der Waals surface area contributed by atoms with E-state index < -0.39 is 0 Å². The number of anilines is 1. The van der Waals surface area contributed by atoms with Crippen LogP contribution in [0.4, 0.5) is 10.1 Å². The Labute approximate surface area is 177 Å². The summed E-state index contributed by atoms with van der Waals surface area (Å²) in [7, 11) is 1.70. The van der Waals surface area contributed by atoms with Crippen molar-refractivity contribution in [1.82, 2.24) is 9.80 Å². The highest BCUT2D eigenvalue weighted by molar-refractivity contribution is 6.31. The van der Waals surface area contributed by atoms with Crippen LogP contribution < -0.4 is 9.64 Å². The Balaban J connectivity index is 1.31. The molecule has 0 radical (unpaired) electrons. The van der Waals surface area contributed by atoms with Crippen LogP contribution >= 0.6 is 11.6 Å². The van der Waals surface area contributed by atoms with Gasteiger partial charge in [0.2, 0.25) is 0 Å². The van der Waals surface area contributed by atoms with Crippen LogP contribution in [0.3, 0.4) is 0 Å². The lowest BCUT2D eigenvalue weighted by Crippen LogP contribution is -2.55. The van der Waals surface area contributed by atoms with Gasteiger partial charge in [0.05, 0.1) is 7.11 Å². The molecule has 6 heteroatoms. The van der Waals surface area contributed by atoms with Gasteiger partial charge in [0, 0.05) is 56.0 Å². The van der Waals surface area contributed by atoms with Crippen LogP contribution in [-0.2, 0) is 6.54 Å². The predicted octanol–water partition coefficient (Wildman–Crippen LogP) is 4.27. The smallest absolute Gasteiger partial charge is 0.124 e. The van der Waals surface area contributed by atoms with E-state index in [9.17, 15) is 4.39 Å². The number of rotatable bonds is 5. The van der Waals surface area contributed by atoms with E-state index in [0.29, 0.717) is 11.1 Å². The molecular weight excluding hydrogens is 389 g/mol. The van der Waals surface area contributed by atoms with Gasteiger partial charge in [-0.3, -0.25) is 9.80 Å². The molecule has 2 saturated heterocycles. The lowest BCUT2D eigenvalue weighted by atomic mass is 10.0. The Morgan fingerprint density at radius 2 is 1.79 bits per heavy atom. The topological polar surface area (TPSA) is 19.0 Å². The van der Waals surface area contributed by atoms with Crippen molar-refractivity contribution in [2.75, 3.05) is 51.3 Å². The summed E-state index contributed by atoms with van der Waals surface area (Å²) in [6.07, 6.45) is 2.44. The highest BCUT2D eigenvalue weighted by Crippen LogP contribution is 2.25. The molecule has 156 valence electrons. The maximum atomic E-state index is 13.3. The monoisotopic (exact) mass is 417 g/mol. The first-order chi connectivity index (χ1) is 14.1. The molecule has 2 aliphatic rings. The van der Waals surface area contributed by atoms with Crippen molar-refractivity contribution >= 4 is 17.3 Å². The average Bonchev–Trinajstić information content (AvgIpc) is 2.76. The Morgan fingerprint density at radius 1 is 1.03 bits per heavy atom. The molecule has 4 nitrogen and oxygen atoms in total. The molecule has 0 aliphatic carbocycles. The van der Waals surface area contributed by atoms with E-state index in [-0.39, 0.29) is 5.82 Å². The fraction of sp³-hybridized carbons (Fsp3) is 0.478. The standard InChI is InChI=1S/C23H29ClFN3O/c1-29-22-8-6-20(7-9-22)27-11-13-28(14-12-27)21-3-2-10-26(17-21)16-18-4-5-19(25)15-23(18)24/h4-9,15,21H,2-3,10-14,16-17H2,1H3/t21-/m0/s1. The zero-order valence-corrected chi connectivity index (χ0v) is 17.7. The molecule has 1 atom stereocenters. The fourth-order valence-corrected chi connectivity index (χ4v) is 4.73. The number of piperazine rings is 1. The van der Waals surface area contributed by atoms with E-state index in [4.69, 9.17) is 16.3 Å². The van der Waals surface area contributed by atoms with Crippen molar-refractivity contribution in [2.24, 2.45) is 0 Å². The molecule has 0 bridgehead atoms. The molecule has 0 N–H and O–H groups in total. The van der Waals surface area contributed by atoms with Gasteiger partial charge in [-0.15, -0.1) is 0 Å². The molecule has 0 saturated carbocycles. The third kappa shape index (κ3) is 5.03. The number of methoxy groups -OCH3 is 1. The number of hydrogen-bond acceptors (Lipinski definition) is 4. The van der Waals surface area contributed by atoms with E-state index in [1.165, 1.54) is 30.7 Å². The molecule has 0 aromatic heterocycles. The van der Waals surface area contributed by atoms with Gasteiger partial charge in [-0.05, 0) is 61.3 Å². The Kier molecular flexibility index (Phi) is 6.58. The first kappa shape index (κ1) is 20.5. The second kappa shape index (κ2) is 9.33. The SMILES string of the molecule is COc1ccc(N2CCN([C@H]3CCCN(Cc4ccc(F)cc4Cl)C3)CC2)cc1. The zero-order chi connectivity index (χ0) is 20.2. The number of piperidine rings is 1. The van der Waals surface area contributed by atoms with Gasteiger partial charge in [-0.25, -0.2) is 4.39 Å². The van der Waals surface area contributed by atoms with Crippen LogP contribution in [0, 0.1) is 5.82 Å². The molecule has 2 heterocycles. The van der Waals surface area contributed by atoms with Gasteiger partial charge >= 0.3 is 0 Å². The van der Waals surface area contributed by atoms with E-state index in [0.717, 1.165) is 57.1 Å². The first-order valence-corrected chi connectivity index (χ1v) is 10.8. The van der Waals surface area contributed by atoms with E-state index in [1.54, 1.807) is 7.11 Å². The quantitative estimate of drug-likeness (QED) is 0.722. The molecule has 2 aromatic rings.